The van der Waals surface area contributed by atoms with Gasteiger partial charge < -0.3 is 0 Å². The number of carbonyl (C=O) groups excluding carboxylic acids is 3. The van der Waals surface area contributed by atoms with Crippen LogP contribution >= 0.6 is 55.1 Å². The molecule has 2 fully saturated rings. The molecule has 4 rings (SSSR count). The van der Waals surface area contributed by atoms with E-state index in [2.05, 4.69) is 31.9 Å². The second kappa shape index (κ2) is 9.93. The Bertz CT molecular complexity index is 1150. The summed E-state index contributed by atoms with van der Waals surface area (Å²) in [5.74, 6) is -2.64. The van der Waals surface area contributed by atoms with E-state index in [4.69, 9.17) is 23.2 Å². The van der Waals surface area contributed by atoms with E-state index < -0.39 is 34.5 Å². The molecule has 4 atom stereocenters. The average Bonchev–Trinajstić information content (AvgIpc) is 3.03. The monoisotopic (exact) mass is 631 g/mol. The fourth-order valence-corrected chi connectivity index (χ4v) is 5.79. The van der Waals surface area contributed by atoms with Crippen molar-refractivity contribution in [2.75, 3.05) is 0 Å². The first-order chi connectivity index (χ1) is 16.1. The summed E-state index contributed by atoms with van der Waals surface area (Å²) in [4.78, 5) is 50.7. The van der Waals surface area contributed by atoms with Crippen LogP contribution in [0.4, 0.5) is 5.69 Å². The molecular weight excluding hydrogens is 617 g/mol. The maximum absolute atomic E-state index is 13.5. The summed E-state index contributed by atoms with van der Waals surface area (Å²) in [5, 5.41) is 13.6. The zero-order valence-corrected chi connectivity index (χ0v) is 22.1. The van der Waals surface area contributed by atoms with Gasteiger partial charge in [0, 0.05) is 27.4 Å². The van der Waals surface area contributed by atoms with Gasteiger partial charge in [0.05, 0.1) is 33.3 Å². The molecule has 0 spiro atoms. The molecule has 0 radical (unpaired) electrons. The number of alkyl halides is 2. The number of carbonyl (C=O) groups is 3. The molecule has 0 N–H and O–H groups in total. The molecule has 34 heavy (non-hydrogen) atoms. The van der Waals surface area contributed by atoms with E-state index in [0.717, 1.165) is 10.0 Å². The quantitative estimate of drug-likeness (QED) is 0.190. The first-order valence-electron chi connectivity index (χ1n) is 10.2. The molecule has 1 aliphatic carbocycles. The Morgan fingerprint density at radius 2 is 1.56 bits per heavy atom. The van der Waals surface area contributed by atoms with Crippen molar-refractivity contribution in [3.8, 4) is 0 Å². The second-order valence-corrected chi connectivity index (χ2v) is 11.3. The Morgan fingerprint density at radius 3 is 2.06 bits per heavy atom. The number of nitro benzene ring substituents is 1. The smallest absolute Gasteiger partial charge is 0.272 e. The Kier molecular flexibility index (Phi) is 7.33. The van der Waals surface area contributed by atoms with Gasteiger partial charge in [0.25, 0.3) is 23.4 Å². The molecule has 1 saturated carbocycles. The van der Waals surface area contributed by atoms with Gasteiger partial charge in [-0.1, -0.05) is 61.1 Å². The van der Waals surface area contributed by atoms with Crippen LogP contribution in [0.3, 0.4) is 0 Å². The molecule has 1 aliphatic heterocycles. The van der Waals surface area contributed by atoms with Gasteiger partial charge in [-0.2, -0.15) is 5.01 Å². The maximum atomic E-state index is 13.5. The van der Waals surface area contributed by atoms with Crippen LogP contribution in [0.25, 0.3) is 0 Å². The van der Waals surface area contributed by atoms with Crippen LogP contribution in [0, 0.1) is 22.0 Å². The van der Waals surface area contributed by atoms with Gasteiger partial charge >= 0.3 is 0 Å². The summed E-state index contributed by atoms with van der Waals surface area (Å²) in [5.41, 5.74) is 0.466. The number of imide groups is 1. The van der Waals surface area contributed by atoms with E-state index in [1.165, 1.54) is 24.3 Å². The number of fused-ring (bicyclic) bond motifs is 1. The number of halogens is 4. The Balaban J connectivity index is 1.72. The third-order valence-electron chi connectivity index (χ3n) is 6.01. The molecule has 3 amide bonds. The maximum Gasteiger partial charge on any atom is 0.273 e. The predicted molar refractivity (Wildman–Crippen MR) is 133 cm³/mol. The summed E-state index contributed by atoms with van der Waals surface area (Å²) < 4.78 is 0. The van der Waals surface area contributed by atoms with E-state index in [1.54, 1.807) is 18.2 Å². The van der Waals surface area contributed by atoms with Crippen molar-refractivity contribution in [2.24, 2.45) is 11.8 Å². The number of nitro groups is 1. The third-order valence-corrected chi connectivity index (χ3v) is 9.48. The van der Waals surface area contributed by atoms with Crippen LogP contribution in [0.15, 0.2) is 42.5 Å². The van der Waals surface area contributed by atoms with Crippen molar-refractivity contribution >= 4 is 78.5 Å². The number of hydrogen-bond acceptors (Lipinski definition) is 5. The van der Waals surface area contributed by atoms with Gasteiger partial charge in [-0.25, -0.2) is 5.01 Å². The number of non-ortho nitro benzene ring substituents is 1. The number of hydrazine groups is 1. The van der Waals surface area contributed by atoms with Crippen molar-refractivity contribution in [3.05, 3.63) is 73.8 Å². The lowest BCUT2D eigenvalue weighted by atomic mass is 9.81. The summed E-state index contributed by atoms with van der Waals surface area (Å²) in [7, 11) is 0. The fraction of sp³-hybridized carbons (Fsp3) is 0.318. The number of amides is 3. The molecule has 12 heteroatoms. The highest BCUT2D eigenvalue weighted by Gasteiger charge is 2.54. The van der Waals surface area contributed by atoms with Crippen LogP contribution in [-0.2, 0) is 16.1 Å². The van der Waals surface area contributed by atoms with E-state index in [-0.39, 0.29) is 32.5 Å². The highest BCUT2D eigenvalue weighted by atomic mass is 79.9. The van der Waals surface area contributed by atoms with E-state index >= 15 is 0 Å². The lowest BCUT2D eigenvalue weighted by molar-refractivity contribution is -0.384. The van der Waals surface area contributed by atoms with Crippen LogP contribution in [0.5, 0.6) is 0 Å². The van der Waals surface area contributed by atoms with E-state index in [9.17, 15) is 24.5 Å². The Morgan fingerprint density at radius 1 is 1.00 bits per heavy atom. The first-order valence-corrected chi connectivity index (χ1v) is 12.8. The van der Waals surface area contributed by atoms with Crippen LogP contribution < -0.4 is 0 Å². The number of nitrogens with zero attached hydrogens (tertiary/aromatic N) is 3. The summed E-state index contributed by atoms with van der Waals surface area (Å²) in [6, 6.07) is 9.75. The highest BCUT2D eigenvalue weighted by molar-refractivity contribution is 9.12. The number of rotatable bonds is 5. The van der Waals surface area contributed by atoms with Crippen molar-refractivity contribution in [2.45, 2.75) is 29.0 Å². The van der Waals surface area contributed by atoms with Gasteiger partial charge in [0.2, 0.25) is 0 Å². The van der Waals surface area contributed by atoms with Crippen molar-refractivity contribution in [3.63, 3.8) is 0 Å². The van der Waals surface area contributed by atoms with Crippen LogP contribution in [-0.4, -0.2) is 42.3 Å². The minimum absolute atomic E-state index is 0.0133. The van der Waals surface area contributed by atoms with Gasteiger partial charge in [0.1, 0.15) is 0 Å². The molecule has 2 aromatic rings. The zero-order chi connectivity index (χ0) is 24.7. The van der Waals surface area contributed by atoms with Gasteiger partial charge in [0.15, 0.2) is 0 Å². The molecule has 0 unspecified atom stereocenters. The van der Waals surface area contributed by atoms with Crippen LogP contribution in [0.2, 0.25) is 10.0 Å². The van der Waals surface area contributed by atoms with E-state index in [1.807, 2.05) is 0 Å². The number of hydrogen-bond donors (Lipinski definition) is 0. The summed E-state index contributed by atoms with van der Waals surface area (Å²) >= 11 is 19.2. The average molecular weight is 634 g/mol. The predicted octanol–water partition coefficient (Wildman–Crippen LogP) is 5.38. The Labute approximate surface area is 221 Å². The third kappa shape index (κ3) is 4.73. The van der Waals surface area contributed by atoms with Crippen molar-refractivity contribution in [1.82, 2.24) is 10.0 Å². The molecule has 2 aromatic carbocycles. The topological polar surface area (TPSA) is 101 Å². The Hall–Kier alpha value is -2.01. The van der Waals surface area contributed by atoms with Crippen molar-refractivity contribution < 1.29 is 19.3 Å². The molecule has 178 valence electrons. The molecule has 0 bridgehead atoms. The molecule has 1 heterocycles. The molecule has 8 nitrogen and oxygen atoms in total. The molecule has 1 saturated heterocycles. The highest BCUT2D eigenvalue weighted by Crippen LogP contribution is 2.44. The van der Waals surface area contributed by atoms with Crippen LogP contribution in [0.1, 0.15) is 28.8 Å². The normalized spacial score (nSPS) is 24.2. The molecular formula is C22H17Br2Cl2N3O5. The summed E-state index contributed by atoms with van der Waals surface area (Å²) in [6.45, 7) is -0.126. The van der Waals surface area contributed by atoms with Gasteiger partial charge in [-0.15, -0.1) is 0 Å². The lowest BCUT2D eigenvalue weighted by Gasteiger charge is -2.30. The summed E-state index contributed by atoms with van der Waals surface area (Å²) in [6.07, 6.45) is 0.905. The minimum Gasteiger partial charge on any atom is -0.272 e. The van der Waals surface area contributed by atoms with Gasteiger partial charge in [-0.3, -0.25) is 24.5 Å². The van der Waals surface area contributed by atoms with E-state index in [0.29, 0.717) is 23.4 Å². The SMILES string of the molecule is O=C(c1ccc([N+](=O)[O-])cc1)N(Cc1ccc(Cl)c(Cl)c1)N1C(=O)[C@@H]2C[C@@H](Br)[C@@H](Br)C[C@H]2C1=O. The van der Waals surface area contributed by atoms with Gasteiger partial charge in [-0.05, 0) is 42.7 Å². The second-order valence-electron chi connectivity index (χ2n) is 8.12. The number of benzene rings is 2. The zero-order valence-electron chi connectivity index (χ0n) is 17.4. The lowest BCUT2D eigenvalue weighted by Crippen LogP contribution is -2.49. The molecule has 2 aliphatic rings. The van der Waals surface area contributed by atoms with Crippen molar-refractivity contribution in [1.29, 1.82) is 0 Å². The molecule has 0 aromatic heterocycles. The minimum atomic E-state index is -0.646. The first kappa shape index (κ1) is 25.1. The largest absolute Gasteiger partial charge is 0.273 e. The fourth-order valence-electron chi connectivity index (χ4n) is 4.23. The standard InChI is InChI=1S/C22H17Br2Cl2N3O5/c23-16-8-14-15(9-17(16)24)22(32)28(21(14)31)27(10-11-1-6-18(25)19(26)7-11)20(30)12-2-4-13(5-3-12)29(33)34/h1-7,14-17H,8-10H2/t14-,15-,16-,17+/m1/s1.